The zero-order chi connectivity index (χ0) is 23.8. The topological polar surface area (TPSA) is 109 Å². The minimum Gasteiger partial charge on any atom is -0.378 e. The number of nitrogens with zero attached hydrogens (tertiary/aromatic N) is 2. The fourth-order valence-corrected chi connectivity index (χ4v) is 5.47. The number of nitrogens with one attached hydrogen (secondary N) is 2. The Morgan fingerprint density at radius 3 is 2.82 bits per heavy atom. The fraction of sp³-hybridized carbons (Fsp3) is 0.273. The van der Waals surface area contributed by atoms with Crippen molar-refractivity contribution in [3.63, 3.8) is 0 Å². The van der Waals surface area contributed by atoms with E-state index < -0.39 is 34.6 Å². The Hall–Kier alpha value is -2.98. The Bertz CT molecular complexity index is 1180. The van der Waals surface area contributed by atoms with Gasteiger partial charge in [0.05, 0.1) is 5.02 Å². The minimum atomic E-state index is -1.58. The molecule has 33 heavy (non-hydrogen) atoms. The van der Waals surface area contributed by atoms with Crippen LogP contribution in [0.1, 0.15) is 22.5 Å². The monoisotopic (exact) mass is 491 g/mol. The van der Waals surface area contributed by atoms with E-state index in [-0.39, 0.29) is 28.0 Å². The molecule has 1 aliphatic heterocycles. The number of hydrogen-bond donors (Lipinski definition) is 3. The second kappa shape index (κ2) is 8.75. The number of carbonyl (C=O) groups is 2. The zero-order valence-electron chi connectivity index (χ0n) is 17.4. The van der Waals surface area contributed by atoms with E-state index in [9.17, 15) is 18.4 Å². The number of nitrogens with two attached hydrogens (primary N) is 1. The summed E-state index contributed by atoms with van der Waals surface area (Å²) in [7, 11) is 1.50. The quantitative estimate of drug-likeness (QED) is 0.536. The number of thioether (sulfide) groups is 1. The van der Waals surface area contributed by atoms with Crippen LogP contribution in [0.5, 0.6) is 0 Å². The summed E-state index contributed by atoms with van der Waals surface area (Å²) in [5.41, 5.74) is 4.79. The molecule has 0 saturated heterocycles. The molecule has 1 aliphatic carbocycles. The van der Waals surface area contributed by atoms with Crippen LogP contribution in [0.25, 0.3) is 0 Å². The van der Waals surface area contributed by atoms with Gasteiger partial charge in [-0.25, -0.2) is 18.8 Å². The molecule has 2 heterocycles. The maximum atomic E-state index is 15.0. The van der Waals surface area contributed by atoms with Crippen molar-refractivity contribution in [2.75, 3.05) is 19.0 Å². The van der Waals surface area contributed by atoms with Crippen molar-refractivity contribution >= 4 is 46.0 Å². The van der Waals surface area contributed by atoms with Gasteiger partial charge in [0.2, 0.25) is 5.91 Å². The number of fused-ring (bicyclic) bond motifs is 1. The first-order chi connectivity index (χ1) is 15.7. The molecule has 0 spiro atoms. The van der Waals surface area contributed by atoms with E-state index in [0.717, 1.165) is 6.07 Å². The molecular formula is C22H20ClF2N5O2S. The minimum absolute atomic E-state index is 0.0182. The molecule has 1 aromatic carbocycles. The van der Waals surface area contributed by atoms with Gasteiger partial charge in [-0.2, -0.15) is 0 Å². The third-order valence-electron chi connectivity index (χ3n) is 5.75. The molecule has 3 atom stereocenters. The molecule has 4 rings (SSSR count). The summed E-state index contributed by atoms with van der Waals surface area (Å²) in [6.07, 6.45) is 4.83. The smallest absolute Gasteiger partial charge is 0.274 e. The number of hydrogen-bond acceptors (Lipinski definition) is 6. The SMILES string of the molecule is CNC(=O)C=C[C@]12C[C@H]1[C@@](CF)(c1cc(NC(=O)c3ccc(Cl)cn3)ccc1F)N=C(N)S2. The van der Waals surface area contributed by atoms with E-state index in [2.05, 4.69) is 20.6 Å². The van der Waals surface area contributed by atoms with Gasteiger partial charge in [-0.3, -0.25) is 9.59 Å². The average Bonchev–Trinajstić information content (AvgIpc) is 3.53. The first kappa shape index (κ1) is 23.2. The zero-order valence-corrected chi connectivity index (χ0v) is 19.0. The molecule has 1 aromatic heterocycles. The molecule has 0 radical (unpaired) electrons. The number of aromatic nitrogens is 1. The van der Waals surface area contributed by atoms with Crippen LogP contribution in [0.3, 0.4) is 0 Å². The van der Waals surface area contributed by atoms with Gasteiger partial charge < -0.3 is 16.4 Å². The highest BCUT2D eigenvalue weighted by Gasteiger charge is 2.67. The van der Waals surface area contributed by atoms with Gasteiger partial charge in [0.25, 0.3) is 5.91 Å². The number of amides is 2. The van der Waals surface area contributed by atoms with Crippen LogP contribution >= 0.6 is 23.4 Å². The highest BCUT2D eigenvalue weighted by Crippen LogP contribution is 2.66. The largest absolute Gasteiger partial charge is 0.378 e. The number of pyridine rings is 1. The van der Waals surface area contributed by atoms with E-state index in [0.29, 0.717) is 11.4 Å². The lowest BCUT2D eigenvalue weighted by atomic mass is 9.84. The second-order valence-electron chi connectivity index (χ2n) is 7.78. The van der Waals surface area contributed by atoms with Gasteiger partial charge in [-0.15, -0.1) is 0 Å². The number of aliphatic imine (C=N–C) groups is 1. The van der Waals surface area contributed by atoms with Crippen LogP contribution < -0.4 is 16.4 Å². The number of halogens is 3. The van der Waals surface area contributed by atoms with Crippen molar-refractivity contribution in [2.24, 2.45) is 16.6 Å². The molecule has 4 N–H and O–H groups in total. The lowest BCUT2D eigenvalue weighted by Crippen LogP contribution is -2.39. The van der Waals surface area contributed by atoms with Crippen LogP contribution in [0.15, 0.2) is 53.7 Å². The van der Waals surface area contributed by atoms with E-state index in [4.69, 9.17) is 17.3 Å². The first-order valence-corrected chi connectivity index (χ1v) is 11.2. The molecule has 2 aliphatic rings. The summed E-state index contributed by atoms with van der Waals surface area (Å²) < 4.78 is 29.0. The maximum absolute atomic E-state index is 15.0. The summed E-state index contributed by atoms with van der Waals surface area (Å²) in [4.78, 5) is 32.5. The summed E-state index contributed by atoms with van der Waals surface area (Å²) in [5, 5.41) is 5.60. The molecule has 0 bridgehead atoms. The Balaban J connectivity index is 1.67. The predicted molar refractivity (Wildman–Crippen MR) is 125 cm³/mol. The summed E-state index contributed by atoms with van der Waals surface area (Å²) in [5.74, 6) is -1.94. The molecule has 2 amide bonds. The molecule has 0 unspecified atom stereocenters. The van der Waals surface area contributed by atoms with Gasteiger partial charge in [-0.1, -0.05) is 29.4 Å². The highest BCUT2D eigenvalue weighted by molar-refractivity contribution is 8.15. The number of amidine groups is 1. The number of alkyl halides is 1. The van der Waals surface area contributed by atoms with Crippen LogP contribution in [-0.4, -0.2) is 40.4 Å². The molecule has 11 heteroatoms. The van der Waals surface area contributed by atoms with Crippen LogP contribution in [0, 0.1) is 11.7 Å². The van der Waals surface area contributed by atoms with Gasteiger partial charge in [0, 0.05) is 41.2 Å². The summed E-state index contributed by atoms with van der Waals surface area (Å²) in [6, 6.07) is 6.85. The third-order valence-corrected chi connectivity index (χ3v) is 7.24. The number of benzene rings is 1. The summed E-state index contributed by atoms with van der Waals surface area (Å²) >= 11 is 7.03. The lowest BCUT2D eigenvalue weighted by Gasteiger charge is -2.34. The van der Waals surface area contributed by atoms with Crippen molar-refractivity contribution in [1.82, 2.24) is 10.3 Å². The van der Waals surface area contributed by atoms with Crippen molar-refractivity contribution in [3.8, 4) is 0 Å². The van der Waals surface area contributed by atoms with Crippen molar-refractivity contribution in [3.05, 3.63) is 70.8 Å². The molecule has 2 aromatic rings. The number of likely N-dealkylation sites (N-methyl/N-ethyl adjacent to an activating group) is 1. The van der Waals surface area contributed by atoms with Crippen molar-refractivity contribution in [1.29, 1.82) is 0 Å². The maximum Gasteiger partial charge on any atom is 0.274 e. The van der Waals surface area contributed by atoms with Crippen LogP contribution in [-0.2, 0) is 10.3 Å². The molecular weight excluding hydrogens is 472 g/mol. The second-order valence-corrected chi connectivity index (χ2v) is 9.60. The van der Waals surface area contributed by atoms with Crippen molar-refractivity contribution < 1.29 is 18.4 Å². The number of anilines is 1. The first-order valence-electron chi connectivity index (χ1n) is 9.97. The van der Waals surface area contributed by atoms with Crippen molar-refractivity contribution in [2.45, 2.75) is 16.7 Å². The van der Waals surface area contributed by atoms with Crippen LogP contribution in [0.2, 0.25) is 5.02 Å². The van der Waals surface area contributed by atoms with Crippen LogP contribution in [0.4, 0.5) is 14.5 Å². The molecule has 1 saturated carbocycles. The Morgan fingerprint density at radius 1 is 1.36 bits per heavy atom. The van der Waals surface area contributed by atoms with Gasteiger partial charge in [-0.05, 0) is 36.8 Å². The Kier molecular flexibility index (Phi) is 6.15. The summed E-state index contributed by atoms with van der Waals surface area (Å²) in [6.45, 7) is -0.998. The average molecular weight is 492 g/mol. The van der Waals surface area contributed by atoms with E-state index in [1.165, 1.54) is 55.3 Å². The molecule has 172 valence electrons. The van der Waals surface area contributed by atoms with Gasteiger partial charge >= 0.3 is 0 Å². The number of rotatable bonds is 6. The van der Waals surface area contributed by atoms with E-state index in [1.54, 1.807) is 6.08 Å². The molecule has 7 nitrogen and oxygen atoms in total. The standard InChI is InChI=1S/C22H20ClF2N5O2S/c1-27-18(31)6-7-21-9-17(21)22(11-24,30-20(26)33-21)14-8-13(3-4-15(14)25)29-19(32)16-5-2-12(23)10-28-16/h2-8,10,17H,9,11H2,1H3,(H2,26,30)(H,27,31)(H,29,32)/t17-,21+,22-/m1/s1. The van der Waals surface area contributed by atoms with E-state index in [1.807, 2.05) is 0 Å². The number of carbonyl (C=O) groups excluding carboxylic acids is 2. The highest BCUT2D eigenvalue weighted by atomic mass is 35.5. The third kappa shape index (κ3) is 4.32. The fourth-order valence-electron chi connectivity index (χ4n) is 4.04. The van der Waals surface area contributed by atoms with Gasteiger partial charge in [0.15, 0.2) is 5.17 Å². The molecule has 1 fully saturated rings. The van der Waals surface area contributed by atoms with Gasteiger partial charge in [0.1, 0.15) is 23.7 Å². The lowest BCUT2D eigenvalue weighted by molar-refractivity contribution is -0.116. The normalized spacial score (nSPS) is 25.8. The predicted octanol–water partition coefficient (Wildman–Crippen LogP) is 3.41. The Labute approximate surface area is 197 Å². The Morgan fingerprint density at radius 2 is 2.15 bits per heavy atom. The van der Waals surface area contributed by atoms with E-state index >= 15 is 0 Å².